The second-order valence-electron chi connectivity index (χ2n) is 5.96. The molecule has 0 spiro atoms. The van der Waals surface area contributed by atoms with Crippen molar-refractivity contribution in [2.75, 3.05) is 5.32 Å². The first-order chi connectivity index (χ1) is 9.95. The number of carboxylic acid groups (broad SMARTS) is 1. The van der Waals surface area contributed by atoms with Crippen LogP contribution in [-0.4, -0.2) is 23.0 Å². The van der Waals surface area contributed by atoms with E-state index in [2.05, 4.69) is 21.2 Å². The number of aromatic carboxylic acids is 1. The maximum atomic E-state index is 12.5. The van der Waals surface area contributed by atoms with Crippen molar-refractivity contribution in [3.05, 3.63) is 28.2 Å². The number of halogens is 1. The largest absolute Gasteiger partial charge is 0.478 e. The van der Waals surface area contributed by atoms with Crippen LogP contribution in [0, 0.1) is 17.8 Å². The normalized spacial score (nSPS) is 30.4. The first-order valence-electron chi connectivity index (χ1n) is 7.06. The Bertz CT molecular complexity index is 603. The van der Waals surface area contributed by atoms with E-state index in [0.717, 1.165) is 19.3 Å². The van der Waals surface area contributed by atoms with Gasteiger partial charge in [-0.2, -0.15) is 0 Å². The third-order valence-electron chi connectivity index (χ3n) is 4.70. The molecule has 112 valence electrons. The Morgan fingerprint density at radius 2 is 1.95 bits per heavy atom. The highest BCUT2D eigenvalue weighted by Crippen LogP contribution is 2.47. The molecule has 2 aliphatic rings. The van der Waals surface area contributed by atoms with Crippen molar-refractivity contribution in [2.45, 2.75) is 25.3 Å². The van der Waals surface area contributed by atoms with Gasteiger partial charge in [-0.15, -0.1) is 0 Å². The Kier molecular flexibility index (Phi) is 3.75. The van der Waals surface area contributed by atoms with E-state index in [1.165, 1.54) is 12.1 Å². The molecule has 0 saturated heterocycles. The van der Waals surface area contributed by atoms with E-state index in [1.807, 2.05) is 0 Å². The van der Waals surface area contributed by atoms with Crippen molar-refractivity contribution < 1.29 is 14.7 Å². The summed E-state index contributed by atoms with van der Waals surface area (Å²) < 4.78 is 0.620. The van der Waals surface area contributed by atoms with E-state index in [1.54, 1.807) is 6.07 Å². The number of nitrogens with one attached hydrogen (secondary N) is 1. The van der Waals surface area contributed by atoms with Gasteiger partial charge in [0.2, 0.25) is 5.91 Å². The second kappa shape index (κ2) is 5.42. The first-order valence-corrected chi connectivity index (χ1v) is 7.85. The van der Waals surface area contributed by atoms with Crippen LogP contribution in [0.1, 0.15) is 29.6 Å². The zero-order chi connectivity index (χ0) is 15.1. The lowest BCUT2D eigenvalue weighted by atomic mass is 9.84. The average molecular weight is 353 g/mol. The smallest absolute Gasteiger partial charge is 0.335 e. The number of carbonyl (C=O) groups is 2. The molecule has 1 amide bonds. The summed E-state index contributed by atoms with van der Waals surface area (Å²) in [6.45, 7) is 0. The lowest BCUT2D eigenvalue weighted by molar-refractivity contribution is -0.121. The fourth-order valence-electron chi connectivity index (χ4n) is 3.74. The van der Waals surface area contributed by atoms with E-state index in [0.29, 0.717) is 22.0 Å². The minimum absolute atomic E-state index is 0.0742. The summed E-state index contributed by atoms with van der Waals surface area (Å²) in [7, 11) is 0. The number of carboxylic acids is 1. The molecule has 0 heterocycles. The first kappa shape index (κ1) is 14.5. The van der Waals surface area contributed by atoms with Crippen molar-refractivity contribution in [1.82, 2.24) is 0 Å². The van der Waals surface area contributed by atoms with Gasteiger partial charge < -0.3 is 16.2 Å². The van der Waals surface area contributed by atoms with Gasteiger partial charge in [0, 0.05) is 16.2 Å². The van der Waals surface area contributed by atoms with Crippen LogP contribution >= 0.6 is 15.9 Å². The summed E-state index contributed by atoms with van der Waals surface area (Å²) in [5.41, 5.74) is 6.79. The number of rotatable bonds is 3. The second-order valence-corrected chi connectivity index (χ2v) is 6.88. The number of nitrogens with two attached hydrogens (primary N) is 1. The SMILES string of the molecule is NC1C2CCC(C2)C1C(=O)Nc1cc(Br)cc(C(=O)O)c1. The molecule has 0 aromatic heterocycles. The quantitative estimate of drug-likeness (QED) is 0.778. The van der Waals surface area contributed by atoms with Gasteiger partial charge in [-0.3, -0.25) is 4.79 Å². The molecule has 5 nitrogen and oxygen atoms in total. The topological polar surface area (TPSA) is 92.4 Å². The molecular formula is C15H17BrN2O3. The van der Waals surface area contributed by atoms with Crippen LogP contribution in [0.2, 0.25) is 0 Å². The van der Waals surface area contributed by atoms with Crippen molar-refractivity contribution in [2.24, 2.45) is 23.5 Å². The van der Waals surface area contributed by atoms with Gasteiger partial charge >= 0.3 is 5.97 Å². The number of anilines is 1. The van der Waals surface area contributed by atoms with E-state index >= 15 is 0 Å². The fraction of sp³-hybridized carbons (Fsp3) is 0.467. The number of amides is 1. The summed E-state index contributed by atoms with van der Waals surface area (Å²) in [5, 5.41) is 11.9. The Balaban J connectivity index is 1.77. The molecule has 4 atom stereocenters. The van der Waals surface area contributed by atoms with Gasteiger partial charge in [0.1, 0.15) is 0 Å². The monoisotopic (exact) mass is 352 g/mol. The van der Waals surface area contributed by atoms with E-state index < -0.39 is 5.97 Å². The molecular weight excluding hydrogens is 336 g/mol. The summed E-state index contributed by atoms with van der Waals surface area (Å²) in [6.07, 6.45) is 3.23. The Labute approximate surface area is 131 Å². The molecule has 4 N–H and O–H groups in total. The van der Waals surface area contributed by atoms with E-state index in [-0.39, 0.29) is 23.4 Å². The maximum Gasteiger partial charge on any atom is 0.335 e. The molecule has 2 saturated carbocycles. The summed E-state index contributed by atoms with van der Waals surface area (Å²) in [6, 6.07) is 4.59. The predicted octanol–water partition coefficient (Wildman–Crippen LogP) is 2.46. The molecule has 3 rings (SSSR count). The molecule has 1 aromatic rings. The highest BCUT2D eigenvalue weighted by molar-refractivity contribution is 9.10. The van der Waals surface area contributed by atoms with Gasteiger partial charge in [0.15, 0.2) is 0 Å². The summed E-state index contributed by atoms with van der Waals surface area (Å²) >= 11 is 3.26. The Morgan fingerprint density at radius 3 is 2.57 bits per heavy atom. The molecule has 0 radical (unpaired) electrons. The molecule has 6 heteroatoms. The highest BCUT2D eigenvalue weighted by atomic mass is 79.9. The molecule has 2 fully saturated rings. The third kappa shape index (κ3) is 2.70. The minimum Gasteiger partial charge on any atom is -0.478 e. The minimum atomic E-state index is -1.02. The van der Waals surface area contributed by atoms with E-state index in [4.69, 9.17) is 10.8 Å². The number of hydrogen-bond acceptors (Lipinski definition) is 3. The zero-order valence-corrected chi connectivity index (χ0v) is 13.0. The molecule has 2 aliphatic carbocycles. The molecule has 2 bridgehead atoms. The van der Waals surface area contributed by atoms with Crippen molar-refractivity contribution in [1.29, 1.82) is 0 Å². The maximum absolute atomic E-state index is 12.5. The summed E-state index contributed by atoms with van der Waals surface area (Å²) in [4.78, 5) is 23.5. The predicted molar refractivity (Wildman–Crippen MR) is 82.0 cm³/mol. The van der Waals surface area contributed by atoms with Crippen LogP contribution < -0.4 is 11.1 Å². The standard InChI is InChI=1S/C15H17BrN2O3/c16-10-4-9(15(20)21)5-11(6-10)18-14(19)12-7-1-2-8(3-7)13(12)17/h4-8,12-13H,1-3,17H2,(H,18,19)(H,20,21). The number of hydrogen-bond donors (Lipinski definition) is 3. The average Bonchev–Trinajstić information content (AvgIpc) is 2.98. The molecule has 4 unspecified atom stereocenters. The van der Waals surface area contributed by atoms with Gasteiger partial charge in [0.05, 0.1) is 11.5 Å². The van der Waals surface area contributed by atoms with Crippen molar-refractivity contribution >= 4 is 33.5 Å². The molecule has 1 aromatic carbocycles. The van der Waals surface area contributed by atoms with Gasteiger partial charge in [-0.25, -0.2) is 4.79 Å². The van der Waals surface area contributed by atoms with E-state index in [9.17, 15) is 9.59 Å². The molecule has 0 aliphatic heterocycles. The Hall–Kier alpha value is -1.40. The van der Waals surface area contributed by atoms with Crippen LogP contribution in [-0.2, 0) is 4.79 Å². The van der Waals surface area contributed by atoms with Crippen LogP contribution in [0.4, 0.5) is 5.69 Å². The number of benzene rings is 1. The number of fused-ring (bicyclic) bond motifs is 2. The highest BCUT2D eigenvalue weighted by Gasteiger charge is 2.49. The zero-order valence-electron chi connectivity index (χ0n) is 11.4. The summed E-state index contributed by atoms with van der Waals surface area (Å²) in [5.74, 6) is -0.442. The van der Waals surface area contributed by atoms with Crippen LogP contribution in [0.3, 0.4) is 0 Å². The Morgan fingerprint density at radius 1 is 1.24 bits per heavy atom. The number of carbonyl (C=O) groups excluding carboxylic acids is 1. The van der Waals surface area contributed by atoms with Gasteiger partial charge in [-0.1, -0.05) is 15.9 Å². The van der Waals surface area contributed by atoms with Crippen LogP contribution in [0.25, 0.3) is 0 Å². The van der Waals surface area contributed by atoms with Crippen molar-refractivity contribution in [3.63, 3.8) is 0 Å². The molecule has 21 heavy (non-hydrogen) atoms. The lowest BCUT2D eigenvalue weighted by Gasteiger charge is -2.27. The lowest BCUT2D eigenvalue weighted by Crippen LogP contribution is -2.42. The fourth-order valence-corrected chi connectivity index (χ4v) is 4.23. The van der Waals surface area contributed by atoms with Crippen LogP contribution in [0.15, 0.2) is 22.7 Å². The van der Waals surface area contributed by atoms with Crippen molar-refractivity contribution in [3.8, 4) is 0 Å². The van der Waals surface area contributed by atoms with Gasteiger partial charge in [0.25, 0.3) is 0 Å². The van der Waals surface area contributed by atoms with Gasteiger partial charge in [-0.05, 0) is 49.3 Å². The third-order valence-corrected chi connectivity index (χ3v) is 5.15. The van der Waals surface area contributed by atoms with Crippen LogP contribution in [0.5, 0.6) is 0 Å².